The predicted molar refractivity (Wildman–Crippen MR) is 112 cm³/mol. The van der Waals surface area contributed by atoms with Crippen LogP contribution in [0.15, 0.2) is 97.1 Å². The van der Waals surface area contributed by atoms with Gasteiger partial charge in [-0.2, -0.15) is 0 Å². The van der Waals surface area contributed by atoms with Crippen LogP contribution in [0.3, 0.4) is 0 Å². The lowest BCUT2D eigenvalue weighted by Gasteiger charge is -2.10. The van der Waals surface area contributed by atoms with Crippen LogP contribution in [-0.4, -0.2) is 12.4 Å². The van der Waals surface area contributed by atoms with E-state index in [9.17, 15) is 0 Å². The van der Waals surface area contributed by atoms with Crippen molar-refractivity contribution in [2.45, 2.75) is 0 Å². The topological polar surface area (TPSA) is 4.93 Å². The molecule has 0 spiro atoms. The third kappa shape index (κ3) is 2.27. The van der Waals surface area contributed by atoms with Gasteiger partial charge in [0.15, 0.2) is 0 Å². The quantitative estimate of drug-likeness (QED) is 0.390. The molecule has 0 amide bonds. The Morgan fingerprint density at radius 2 is 1.08 bits per heavy atom. The Balaban J connectivity index is 1.72. The van der Waals surface area contributed by atoms with E-state index in [1.165, 1.54) is 21.8 Å². The van der Waals surface area contributed by atoms with Gasteiger partial charge in [0.2, 0.25) is 0 Å². The summed E-state index contributed by atoms with van der Waals surface area (Å²) in [4.78, 5) is 0. The van der Waals surface area contributed by atoms with Gasteiger partial charge in [0.05, 0.1) is 11.0 Å². The van der Waals surface area contributed by atoms with Gasteiger partial charge in [0, 0.05) is 16.5 Å². The molecule has 0 aliphatic carbocycles. The smallest absolute Gasteiger partial charge is 0.114 e. The molecule has 0 unspecified atom stereocenters. The molecule has 4 aromatic carbocycles. The number of fused-ring (bicyclic) bond motifs is 3. The van der Waals surface area contributed by atoms with Crippen molar-refractivity contribution >= 4 is 35.1 Å². The maximum atomic E-state index is 6.13. The molecule has 0 atom stereocenters. The number of benzene rings is 4. The highest BCUT2D eigenvalue weighted by Gasteiger charge is 2.11. The van der Waals surface area contributed by atoms with Crippen LogP contribution in [0, 0.1) is 0 Å². The highest BCUT2D eigenvalue weighted by molar-refractivity contribution is 6.35. The highest BCUT2D eigenvalue weighted by atomic mass is 15.0. The molecular formula is C24H16BN. The molecule has 26 heavy (non-hydrogen) atoms. The number of rotatable bonds is 2. The summed E-state index contributed by atoms with van der Waals surface area (Å²) in [7, 11) is 6.13. The first kappa shape index (κ1) is 15.0. The van der Waals surface area contributed by atoms with Crippen LogP contribution >= 0.6 is 0 Å². The van der Waals surface area contributed by atoms with Gasteiger partial charge in [0.25, 0.3) is 0 Å². The maximum Gasteiger partial charge on any atom is 0.114 e. The Morgan fingerprint density at radius 3 is 1.69 bits per heavy atom. The molecule has 0 aliphatic heterocycles. The minimum absolute atomic E-state index is 0.803. The summed E-state index contributed by atoms with van der Waals surface area (Å²) in [6, 6.07) is 33.7. The van der Waals surface area contributed by atoms with Crippen molar-refractivity contribution in [3.05, 3.63) is 97.1 Å². The van der Waals surface area contributed by atoms with Crippen molar-refractivity contribution in [3.8, 4) is 16.8 Å². The van der Waals surface area contributed by atoms with Crippen molar-refractivity contribution < 1.29 is 0 Å². The fourth-order valence-corrected chi connectivity index (χ4v) is 3.75. The summed E-state index contributed by atoms with van der Waals surface area (Å²) in [5, 5.41) is 2.55. The van der Waals surface area contributed by atoms with Crippen molar-refractivity contribution in [2.24, 2.45) is 0 Å². The van der Waals surface area contributed by atoms with Crippen LogP contribution in [-0.2, 0) is 0 Å². The number of nitrogens with zero attached hydrogens (tertiary/aromatic N) is 1. The minimum atomic E-state index is 0.803. The summed E-state index contributed by atoms with van der Waals surface area (Å²) in [6.07, 6.45) is 0. The molecular weight excluding hydrogens is 313 g/mol. The van der Waals surface area contributed by atoms with Gasteiger partial charge in [-0.15, -0.1) is 0 Å². The summed E-state index contributed by atoms with van der Waals surface area (Å²) in [5.74, 6) is 0. The van der Waals surface area contributed by atoms with Crippen LogP contribution in [0.1, 0.15) is 0 Å². The van der Waals surface area contributed by atoms with Gasteiger partial charge in [-0.1, -0.05) is 78.3 Å². The summed E-state index contributed by atoms with van der Waals surface area (Å²) >= 11 is 0. The zero-order valence-electron chi connectivity index (χ0n) is 14.3. The van der Waals surface area contributed by atoms with E-state index >= 15 is 0 Å². The Bertz CT molecular complexity index is 1180. The Labute approximate surface area is 153 Å². The predicted octanol–water partition coefficient (Wildman–Crippen LogP) is 5.24. The minimum Gasteiger partial charge on any atom is -0.309 e. The van der Waals surface area contributed by atoms with Crippen molar-refractivity contribution in [3.63, 3.8) is 0 Å². The van der Waals surface area contributed by atoms with Gasteiger partial charge in [-0.05, 0) is 35.4 Å². The van der Waals surface area contributed by atoms with Gasteiger partial charge >= 0.3 is 0 Å². The van der Waals surface area contributed by atoms with Crippen molar-refractivity contribution in [2.75, 3.05) is 0 Å². The summed E-state index contributed by atoms with van der Waals surface area (Å²) in [5.41, 5.74) is 6.60. The average molecular weight is 329 g/mol. The van der Waals surface area contributed by atoms with E-state index < -0.39 is 0 Å². The monoisotopic (exact) mass is 329 g/mol. The highest BCUT2D eigenvalue weighted by Crippen LogP contribution is 2.32. The second kappa shape index (κ2) is 5.92. The van der Waals surface area contributed by atoms with E-state index in [4.69, 9.17) is 7.85 Å². The first-order valence-electron chi connectivity index (χ1n) is 8.76. The van der Waals surface area contributed by atoms with Crippen molar-refractivity contribution in [1.82, 2.24) is 4.57 Å². The van der Waals surface area contributed by atoms with E-state index in [-0.39, 0.29) is 0 Å². The molecule has 0 fully saturated rings. The van der Waals surface area contributed by atoms with Crippen LogP contribution < -0.4 is 5.46 Å². The molecule has 5 rings (SSSR count). The lowest BCUT2D eigenvalue weighted by atomic mass is 9.87. The summed E-state index contributed by atoms with van der Waals surface area (Å²) in [6.45, 7) is 0. The fourth-order valence-electron chi connectivity index (χ4n) is 3.75. The molecule has 1 nitrogen and oxygen atoms in total. The first-order chi connectivity index (χ1) is 12.8. The molecule has 120 valence electrons. The first-order valence-corrected chi connectivity index (χ1v) is 8.76. The molecule has 5 aromatic rings. The Kier molecular flexibility index (Phi) is 3.43. The lowest BCUT2D eigenvalue weighted by Crippen LogP contribution is -2.05. The third-order valence-electron chi connectivity index (χ3n) is 4.98. The molecule has 1 aromatic heterocycles. The number of hydrogen-bond acceptors (Lipinski definition) is 0. The van der Waals surface area contributed by atoms with Gasteiger partial charge in [-0.3, -0.25) is 0 Å². The molecule has 0 saturated heterocycles. The molecule has 0 saturated carbocycles. The molecule has 0 N–H and O–H groups in total. The third-order valence-corrected chi connectivity index (χ3v) is 4.98. The molecule has 2 radical (unpaired) electrons. The van der Waals surface area contributed by atoms with Crippen LogP contribution in [0.2, 0.25) is 0 Å². The molecule has 1 heterocycles. The Morgan fingerprint density at radius 1 is 0.538 bits per heavy atom. The van der Waals surface area contributed by atoms with E-state index in [2.05, 4.69) is 83.4 Å². The van der Waals surface area contributed by atoms with Gasteiger partial charge < -0.3 is 4.57 Å². The number of hydrogen-bond donors (Lipinski definition) is 0. The molecule has 0 aliphatic rings. The standard InChI is InChI=1S/C24H16BN/c25-22-10-4-1-7-19(22)17-13-15-18(16-14-17)26-23-11-5-2-8-20(23)21-9-3-6-12-24(21)26/h1-16H. The van der Waals surface area contributed by atoms with Gasteiger partial charge in [-0.25, -0.2) is 0 Å². The number of para-hydroxylation sites is 2. The summed E-state index contributed by atoms with van der Waals surface area (Å²) < 4.78 is 2.32. The van der Waals surface area contributed by atoms with Crippen LogP contribution in [0.5, 0.6) is 0 Å². The van der Waals surface area contributed by atoms with E-state index in [0.717, 1.165) is 22.3 Å². The normalized spacial score (nSPS) is 11.2. The maximum absolute atomic E-state index is 6.13. The van der Waals surface area contributed by atoms with E-state index in [0.29, 0.717) is 0 Å². The van der Waals surface area contributed by atoms with Gasteiger partial charge in [0.1, 0.15) is 7.85 Å². The molecule has 2 heteroatoms. The zero-order chi connectivity index (χ0) is 17.5. The van der Waals surface area contributed by atoms with Crippen LogP contribution in [0.4, 0.5) is 0 Å². The average Bonchev–Trinajstić information content (AvgIpc) is 3.03. The second-order valence-corrected chi connectivity index (χ2v) is 6.50. The van der Waals surface area contributed by atoms with E-state index in [1.807, 2.05) is 18.2 Å². The van der Waals surface area contributed by atoms with E-state index in [1.54, 1.807) is 0 Å². The fraction of sp³-hybridized carbons (Fsp3) is 0. The van der Waals surface area contributed by atoms with Crippen molar-refractivity contribution in [1.29, 1.82) is 0 Å². The second-order valence-electron chi connectivity index (χ2n) is 6.50. The lowest BCUT2D eigenvalue weighted by molar-refractivity contribution is 1.18. The SMILES string of the molecule is [B]c1ccccc1-c1ccc(-n2c3ccccc3c3ccccc32)cc1. The Hall–Kier alpha value is -3.26. The zero-order valence-corrected chi connectivity index (χ0v) is 14.3. The van der Waals surface area contributed by atoms with Crippen LogP contribution in [0.25, 0.3) is 38.6 Å². The molecule has 0 bridgehead atoms. The largest absolute Gasteiger partial charge is 0.309 e. The number of aromatic nitrogens is 1.